The van der Waals surface area contributed by atoms with E-state index in [2.05, 4.69) is 26.0 Å². The quantitative estimate of drug-likeness (QED) is 0.563. The molecule has 34 heavy (non-hydrogen) atoms. The van der Waals surface area contributed by atoms with Gasteiger partial charge in [0.25, 0.3) is 11.8 Å². The van der Waals surface area contributed by atoms with Crippen molar-refractivity contribution >= 4 is 44.5 Å². The maximum absolute atomic E-state index is 13.5. The topological polar surface area (TPSA) is 107 Å². The number of allylic oxidation sites excluding steroid dienone is 2. The van der Waals surface area contributed by atoms with E-state index in [9.17, 15) is 14.0 Å². The molecular weight excluding hydrogens is 527 g/mol. The van der Waals surface area contributed by atoms with Crippen molar-refractivity contribution in [3.63, 3.8) is 0 Å². The third-order valence-corrected chi connectivity index (χ3v) is 6.67. The molecule has 0 spiro atoms. The third-order valence-electron chi connectivity index (χ3n) is 5.02. The van der Waals surface area contributed by atoms with E-state index >= 15 is 0 Å². The summed E-state index contributed by atoms with van der Waals surface area (Å²) in [5.41, 5.74) is 6.91. The second-order valence-corrected chi connectivity index (χ2v) is 9.32. The number of carbonyl (C=O) groups is 2. The van der Waals surface area contributed by atoms with Gasteiger partial charge in [0, 0.05) is 34.4 Å². The lowest BCUT2D eigenvalue weighted by molar-refractivity contribution is -0.121. The molecule has 1 unspecified atom stereocenters. The third kappa shape index (κ3) is 5.15. The first-order chi connectivity index (χ1) is 16.4. The number of hydrazone groups is 1. The Morgan fingerprint density at radius 3 is 2.74 bits per heavy atom. The molecule has 2 aromatic rings. The van der Waals surface area contributed by atoms with Gasteiger partial charge in [-0.15, -0.1) is 0 Å². The highest BCUT2D eigenvalue weighted by atomic mass is 79.9. The van der Waals surface area contributed by atoms with E-state index in [1.165, 1.54) is 42.2 Å². The van der Waals surface area contributed by atoms with Gasteiger partial charge in [-0.3, -0.25) is 14.6 Å². The van der Waals surface area contributed by atoms with Crippen molar-refractivity contribution in [1.82, 2.24) is 9.99 Å². The predicted molar refractivity (Wildman–Crippen MR) is 129 cm³/mol. The molecule has 2 N–H and O–H groups in total. The summed E-state index contributed by atoms with van der Waals surface area (Å²) in [5.74, 6) is -0.495. The number of thioether (sulfide) groups is 1. The normalized spacial score (nSPS) is 17.9. The minimum absolute atomic E-state index is 0.330. The van der Waals surface area contributed by atoms with Crippen LogP contribution in [0, 0.1) is 5.82 Å². The smallest absolute Gasteiger partial charge is 0.277 e. The largest absolute Gasteiger partial charge is 0.497 e. The first-order valence-electron chi connectivity index (χ1n) is 10.2. The standard InChI is InChI=1S/C23H20BrFN4O4S/c1-32-18-4-2-3-17(20(18)33-12-19(26)30)23-29(22(31)14-9-15(24)11-27-10-14)28-21(34-23)13-5-7-16(25)8-6-13/h3,5-11,23H,2,4,12H2,1H3,(H2,26,30). The summed E-state index contributed by atoms with van der Waals surface area (Å²) in [4.78, 5) is 29.0. The van der Waals surface area contributed by atoms with Gasteiger partial charge in [-0.1, -0.05) is 17.8 Å². The number of methoxy groups -OCH3 is 1. The summed E-state index contributed by atoms with van der Waals surface area (Å²) >= 11 is 4.65. The summed E-state index contributed by atoms with van der Waals surface area (Å²) in [6.07, 6.45) is 6.18. The van der Waals surface area contributed by atoms with E-state index < -0.39 is 11.3 Å². The van der Waals surface area contributed by atoms with Crippen molar-refractivity contribution in [1.29, 1.82) is 0 Å². The molecular formula is C23H20BrFN4O4S. The van der Waals surface area contributed by atoms with Gasteiger partial charge in [0.15, 0.2) is 12.4 Å². The number of pyridine rings is 1. The van der Waals surface area contributed by atoms with Gasteiger partial charge in [0.1, 0.15) is 22.0 Å². The van der Waals surface area contributed by atoms with Gasteiger partial charge >= 0.3 is 0 Å². The van der Waals surface area contributed by atoms with Crippen LogP contribution in [0.5, 0.6) is 0 Å². The number of hydrogen-bond donors (Lipinski definition) is 1. The summed E-state index contributed by atoms with van der Waals surface area (Å²) in [6, 6.07) is 7.52. The Hall–Kier alpha value is -3.18. The number of amides is 2. The highest BCUT2D eigenvalue weighted by Gasteiger charge is 2.39. The van der Waals surface area contributed by atoms with Crippen molar-refractivity contribution in [2.45, 2.75) is 18.2 Å². The monoisotopic (exact) mass is 546 g/mol. The highest BCUT2D eigenvalue weighted by molar-refractivity contribution is 9.10. The van der Waals surface area contributed by atoms with Crippen LogP contribution >= 0.6 is 27.7 Å². The Kier molecular flexibility index (Phi) is 7.32. The lowest BCUT2D eigenvalue weighted by Gasteiger charge is -2.28. The maximum atomic E-state index is 13.5. The van der Waals surface area contributed by atoms with Crippen LogP contribution in [0.25, 0.3) is 0 Å². The van der Waals surface area contributed by atoms with Gasteiger partial charge in [0.05, 0.1) is 12.7 Å². The molecule has 1 aromatic heterocycles. The number of carbonyl (C=O) groups excluding carboxylic acids is 2. The van der Waals surface area contributed by atoms with Gasteiger partial charge in [0.2, 0.25) is 0 Å². The number of benzene rings is 1. The van der Waals surface area contributed by atoms with Crippen LogP contribution in [-0.2, 0) is 14.3 Å². The molecule has 1 aliphatic heterocycles. The number of rotatable bonds is 7. The van der Waals surface area contributed by atoms with Crippen molar-refractivity contribution in [2.75, 3.05) is 13.7 Å². The van der Waals surface area contributed by atoms with E-state index in [-0.39, 0.29) is 18.3 Å². The Balaban J connectivity index is 1.75. The van der Waals surface area contributed by atoms with Crippen molar-refractivity contribution < 1.29 is 23.5 Å². The molecule has 2 aliphatic rings. The lowest BCUT2D eigenvalue weighted by atomic mass is 10.0. The molecule has 0 radical (unpaired) electrons. The molecule has 11 heteroatoms. The summed E-state index contributed by atoms with van der Waals surface area (Å²) < 4.78 is 25.4. The minimum atomic E-state index is -0.636. The van der Waals surface area contributed by atoms with Crippen molar-refractivity contribution in [2.24, 2.45) is 10.8 Å². The fourth-order valence-electron chi connectivity index (χ4n) is 3.50. The fraction of sp³-hybridized carbons (Fsp3) is 0.217. The Bertz CT molecular complexity index is 1220. The van der Waals surface area contributed by atoms with Gasteiger partial charge < -0.3 is 15.2 Å². The molecule has 0 saturated heterocycles. The first-order valence-corrected chi connectivity index (χ1v) is 11.9. The summed E-state index contributed by atoms with van der Waals surface area (Å²) in [7, 11) is 1.52. The summed E-state index contributed by atoms with van der Waals surface area (Å²) in [6.45, 7) is -0.341. The molecule has 1 aliphatic carbocycles. The van der Waals surface area contributed by atoms with Crippen LogP contribution in [0.15, 0.2) is 75.5 Å². The number of nitrogens with two attached hydrogens (primary N) is 1. The van der Waals surface area contributed by atoms with Crippen LogP contribution in [0.2, 0.25) is 0 Å². The van der Waals surface area contributed by atoms with E-state index in [4.69, 9.17) is 15.2 Å². The zero-order valence-corrected chi connectivity index (χ0v) is 20.4. The van der Waals surface area contributed by atoms with Crippen LogP contribution in [-0.4, -0.2) is 45.9 Å². The van der Waals surface area contributed by atoms with Crippen LogP contribution in [0.3, 0.4) is 0 Å². The molecule has 4 rings (SSSR count). The number of nitrogens with zero attached hydrogens (tertiary/aromatic N) is 3. The van der Waals surface area contributed by atoms with Crippen molar-refractivity contribution in [3.8, 4) is 0 Å². The number of hydrogen-bond acceptors (Lipinski definition) is 7. The zero-order chi connectivity index (χ0) is 24.2. The Morgan fingerprint density at radius 2 is 2.06 bits per heavy atom. The first kappa shape index (κ1) is 24.0. The predicted octanol–water partition coefficient (Wildman–Crippen LogP) is 3.94. The van der Waals surface area contributed by atoms with E-state index in [1.807, 2.05) is 6.08 Å². The molecule has 8 nitrogen and oxygen atoms in total. The van der Waals surface area contributed by atoms with Gasteiger partial charge in [-0.2, -0.15) is 5.10 Å². The Labute approximate surface area is 207 Å². The summed E-state index contributed by atoms with van der Waals surface area (Å²) in [5, 5.41) is 5.82. The number of primary amides is 1. The number of halogens is 2. The molecule has 2 heterocycles. The maximum Gasteiger partial charge on any atom is 0.277 e. The lowest BCUT2D eigenvalue weighted by Crippen LogP contribution is -2.34. The average molecular weight is 547 g/mol. The molecule has 0 fully saturated rings. The highest BCUT2D eigenvalue weighted by Crippen LogP contribution is 2.41. The average Bonchev–Trinajstić information content (AvgIpc) is 3.27. The van der Waals surface area contributed by atoms with E-state index in [0.29, 0.717) is 50.6 Å². The number of ether oxygens (including phenoxy) is 2. The molecule has 1 aromatic carbocycles. The molecule has 2 amide bonds. The minimum Gasteiger partial charge on any atom is -0.497 e. The van der Waals surface area contributed by atoms with Crippen LogP contribution in [0.1, 0.15) is 28.8 Å². The fourth-order valence-corrected chi connectivity index (χ4v) is 5.05. The van der Waals surface area contributed by atoms with Gasteiger partial charge in [-0.25, -0.2) is 9.40 Å². The molecule has 176 valence electrons. The van der Waals surface area contributed by atoms with Gasteiger partial charge in [-0.05, 0) is 52.7 Å². The molecule has 0 bridgehead atoms. The zero-order valence-electron chi connectivity index (χ0n) is 18.0. The number of aromatic nitrogens is 1. The van der Waals surface area contributed by atoms with E-state index in [0.717, 1.165) is 0 Å². The Morgan fingerprint density at radius 1 is 1.29 bits per heavy atom. The van der Waals surface area contributed by atoms with Crippen LogP contribution < -0.4 is 5.73 Å². The molecule has 1 atom stereocenters. The molecule has 0 saturated carbocycles. The second-order valence-electron chi connectivity index (χ2n) is 7.33. The second kappa shape index (κ2) is 10.4. The SMILES string of the molecule is COC1=C(OCC(N)=O)C(C2SC(c3ccc(F)cc3)=NN2C(=O)c2cncc(Br)c2)=CCC1. The van der Waals surface area contributed by atoms with Crippen molar-refractivity contribution in [3.05, 3.63) is 87.3 Å². The van der Waals surface area contributed by atoms with Crippen LogP contribution in [0.4, 0.5) is 4.39 Å². The van der Waals surface area contributed by atoms with E-state index in [1.54, 1.807) is 24.4 Å².